The second-order valence-corrected chi connectivity index (χ2v) is 7.49. The van der Waals surface area contributed by atoms with Gasteiger partial charge < -0.3 is 70.9 Å². The van der Waals surface area contributed by atoms with Crippen LogP contribution in [0, 0.1) is 0 Å². The van der Waals surface area contributed by atoms with Gasteiger partial charge in [0.25, 0.3) is 0 Å². The molecule has 24 heteroatoms. The van der Waals surface area contributed by atoms with Crippen molar-refractivity contribution >= 4 is 59.7 Å². The molecule has 0 fully saturated rings. The van der Waals surface area contributed by atoms with Crippen LogP contribution in [0.15, 0.2) is 0 Å². The van der Waals surface area contributed by atoms with Gasteiger partial charge >= 0.3 is 107 Å². The van der Waals surface area contributed by atoms with Crippen molar-refractivity contribution in [3.05, 3.63) is 0 Å². The third-order valence-corrected chi connectivity index (χ3v) is 3.66. The van der Waals surface area contributed by atoms with Crippen LogP contribution in [0.25, 0.3) is 0 Å². The molecule has 0 rings (SSSR count). The maximum absolute atomic E-state index is 10.3. The molecule has 0 aromatic heterocycles. The monoisotopic (exact) mass is 664 g/mol. The SMILES string of the molecule is O=C(O)CC(O)(CC(=O)O)C(=O)O.O=C(O)CC(O)(CC(=O)O)C(=O)O.O=C(O)CCC(=O)O.O=C([O-])CCC(=O)[O-].[Na+].[Na+]. The van der Waals surface area contributed by atoms with Crippen LogP contribution in [0.5, 0.6) is 0 Å². The summed E-state index contributed by atoms with van der Waals surface area (Å²) in [6.45, 7) is 0. The molecule has 0 amide bonds. The van der Waals surface area contributed by atoms with Crippen molar-refractivity contribution in [2.24, 2.45) is 0 Å². The third-order valence-electron chi connectivity index (χ3n) is 3.66. The number of aliphatic carboxylic acids is 10. The van der Waals surface area contributed by atoms with E-state index in [9.17, 15) is 58.2 Å². The predicted molar refractivity (Wildman–Crippen MR) is 118 cm³/mol. The fourth-order valence-corrected chi connectivity index (χ4v) is 1.85. The molecule has 0 spiro atoms. The van der Waals surface area contributed by atoms with E-state index in [0.29, 0.717) is 0 Å². The summed E-state index contributed by atoms with van der Waals surface area (Å²) < 4.78 is 0. The number of aliphatic hydroxyl groups is 2. The van der Waals surface area contributed by atoms with Crippen molar-refractivity contribution in [3.63, 3.8) is 0 Å². The number of carbonyl (C=O) groups excluding carboxylic acids is 2. The Kier molecular flexibility index (Phi) is 32.9. The normalized spacial score (nSPS) is 9.50. The third kappa shape index (κ3) is 36.6. The van der Waals surface area contributed by atoms with Gasteiger partial charge in [0.15, 0.2) is 11.2 Å². The van der Waals surface area contributed by atoms with Gasteiger partial charge in [0.2, 0.25) is 0 Å². The van der Waals surface area contributed by atoms with Crippen molar-refractivity contribution in [1.82, 2.24) is 0 Å². The van der Waals surface area contributed by atoms with Crippen LogP contribution in [0.2, 0.25) is 0 Å². The number of carboxylic acids is 10. The molecule has 44 heavy (non-hydrogen) atoms. The second kappa shape index (κ2) is 27.2. The minimum Gasteiger partial charge on any atom is -0.550 e. The molecule has 0 aliphatic heterocycles. The van der Waals surface area contributed by atoms with Crippen molar-refractivity contribution in [1.29, 1.82) is 0 Å². The predicted octanol–water partition coefficient (Wildman–Crippen LogP) is -11.3. The summed E-state index contributed by atoms with van der Waals surface area (Å²) >= 11 is 0. The van der Waals surface area contributed by atoms with Crippen molar-refractivity contribution in [3.8, 4) is 0 Å². The molecule has 0 saturated carbocycles. The van der Waals surface area contributed by atoms with Gasteiger partial charge in [0.1, 0.15) is 0 Å². The Labute approximate surface area is 289 Å². The van der Waals surface area contributed by atoms with E-state index in [-0.39, 0.29) is 72.0 Å². The topological polar surface area (TPSA) is 419 Å². The van der Waals surface area contributed by atoms with Gasteiger partial charge in [-0.3, -0.25) is 28.8 Å². The molecule has 0 aromatic carbocycles. The molecule has 0 aliphatic carbocycles. The summed E-state index contributed by atoms with van der Waals surface area (Å²) in [6.07, 6.45) is -6.11. The Morgan fingerprint density at radius 1 is 0.386 bits per heavy atom. The molecule has 22 nitrogen and oxygen atoms in total. The minimum atomic E-state index is -2.74. The fourth-order valence-electron chi connectivity index (χ4n) is 1.85. The van der Waals surface area contributed by atoms with Gasteiger partial charge in [-0.2, -0.15) is 0 Å². The summed E-state index contributed by atoms with van der Waals surface area (Å²) in [5, 5.41) is 102. The summed E-state index contributed by atoms with van der Waals surface area (Å²) in [4.78, 5) is 99.3. The quantitative estimate of drug-likeness (QED) is 0.0684. The van der Waals surface area contributed by atoms with Crippen LogP contribution in [0.4, 0.5) is 0 Å². The van der Waals surface area contributed by atoms with Gasteiger partial charge in [-0.1, -0.05) is 0 Å². The molecule has 0 aliphatic rings. The molecular weight excluding hydrogens is 638 g/mol. The average Bonchev–Trinajstić information content (AvgIpc) is 2.75. The Bertz CT molecular complexity index is 881. The molecule has 0 bridgehead atoms. The minimum absolute atomic E-state index is 0. The van der Waals surface area contributed by atoms with Crippen molar-refractivity contribution in [2.75, 3.05) is 0 Å². The summed E-state index contributed by atoms with van der Waals surface area (Å²) in [7, 11) is 0. The molecule has 240 valence electrons. The summed E-state index contributed by atoms with van der Waals surface area (Å²) in [6, 6.07) is 0. The largest absolute Gasteiger partial charge is 1.00 e. The standard InChI is InChI=1S/2C6H8O7.2C4H6O4.2Na/c2*7-3(8)1-6(13,5(11)12)2-4(9)10;2*5-3(6)1-2-4(7)8;;/h2*13H,1-2H2,(H,7,8)(H,9,10)(H,11,12);2*1-2H2,(H,5,6)(H,7,8);;/q;;;;2*+1/p-2. The molecule has 0 atom stereocenters. The van der Waals surface area contributed by atoms with E-state index in [4.69, 9.17) is 51.1 Å². The van der Waals surface area contributed by atoms with Gasteiger partial charge in [-0.15, -0.1) is 0 Å². The van der Waals surface area contributed by atoms with E-state index in [1.807, 2.05) is 0 Å². The molecule has 0 unspecified atom stereocenters. The molecule has 10 N–H and O–H groups in total. The first-order valence-electron chi connectivity index (χ1n) is 10.4. The summed E-state index contributed by atoms with van der Waals surface area (Å²) in [5.41, 5.74) is -5.48. The van der Waals surface area contributed by atoms with Crippen LogP contribution in [-0.2, 0) is 47.9 Å². The van der Waals surface area contributed by atoms with Crippen molar-refractivity contribution < 1.29 is 168 Å². The van der Waals surface area contributed by atoms with Gasteiger partial charge in [0, 0.05) is 11.9 Å². The van der Waals surface area contributed by atoms with E-state index < -0.39 is 109 Å². The number of rotatable bonds is 16. The van der Waals surface area contributed by atoms with Gasteiger partial charge in [-0.05, 0) is 12.8 Å². The Morgan fingerprint density at radius 3 is 0.659 bits per heavy atom. The molecular formula is C20H26Na2O22. The smallest absolute Gasteiger partial charge is 0.550 e. The first-order valence-corrected chi connectivity index (χ1v) is 10.4. The second-order valence-electron chi connectivity index (χ2n) is 7.49. The number of carboxylic acid groups (broad SMARTS) is 10. The van der Waals surface area contributed by atoms with Crippen LogP contribution in [0.3, 0.4) is 0 Å². The van der Waals surface area contributed by atoms with Crippen LogP contribution < -0.4 is 69.3 Å². The molecule has 0 heterocycles. The summed E-state index contributed by atoms with van der Waals surface area (Å²) in [5.74, 6) is -14.9. The maximum atomic E-state index is 10.3. The van der Waals surface area contributed by atoms with Crippen LogP contribution in [0.1, 0.15) is 51.4 Å². The Balaban J connectivity index is -0.000000110. The van der Waals surface area contributed by atoms with Crippen LogP contribution in [-0.4, -0.2) is 122 Å². The molecule has 0 radical (unpaired) electrons. The van der Waals surface area contributed by atoms with E-state index in [0.717, 1.165) is 0 Å². The van der Waals surface area contributed by atoms with E-state index in [2.05, 4.69) is 0 Å². The number of carbonyl (C=O) groups is 10. The zero-order valence-electron chi connectivity index (χ0n) is 23.0. The van der Waals surface area contributed by atoms with Gasteiger partial charge in [-0.25, -0.2) is 9.59 Å². The fraction of sp³-hybridized carbons (Fsp3) is 0.500. The zero-order chi connectivity index (χ0) is 34.4. The van der Waals surface area contributed by atoms with E-state index in [1.54, 1.807) is 0 Å². The maximum Gasteiger partial charge on any atom is 1.00 e. The Morgan fingerprint density at radius 2 is 0.568 bits per heavy atom. The number of hydrogen-bond acceptors (Lipinski definition) is 14. The van der Waals surface area contributed by atoms with Crippen LogP contribution >= 0.6 is 0 Å². The molecule has 0 aromatic rings. The Hall–Kier alpha value is -3.38. The van der Waals surface area contributed by atoms with Gasteiger partial charge in [0.05, 0.1) is 38.5 Å². The first-order chi connectivity index (χ1) is 18.8. The van der Waals surface area contributed by atoms with E-state index >= 15 is 0 Å². The first kappa shape index (κ1) is 53.2. The number of hydrogen-bond donors (Lipinski definition) is 10. The van der Waals surface area contributed by atoms with Crippen molar-refractivity contribution in [2.45, 2.75) is 62.6 Å². The molecule has 0 saturated heterocycles. The zero-order valence-corrected chi connectivity index (χ0v) is 27.0. The average molecular weight is 664 g/mol. The van der Waals surface area contributed by atoms with E-state index in [1.165, 1.54) is 0 Å².